The molecule has 1 aromatic rings. The Morgan fingerprint density at radius 1 is 1.54 bits per heavy atom. The van der Waals surface area contributed by atoms with Gasteiger partial charge < -0.3 is 19.8 Å². The fraction of sp³-hybridized carbons (Fsp3) is 0.571. The molecular weight excluding hydrogens is 338 g/mol. The van der Waals surface area contributed by atoms with Gasteiger partial charge in [-0.3, -0.25) is 4.79 Å². The largest absolute Gasteiger partial charge is 0.481 e. The van der Waals surface area contributed by atoms with E-state index in [1.807, 2.05) is 0 Å². The van der Waals surface area contributed by atoms with Gasteiger partial charge in [0.05, 0.1) is 18.9 Å². The van der Waals surface area contributed by atoms with Crippen molar-refractivity contribution in [3.8, 4) is 5.88 Å². The lowest BCUT2D eigenvalue weighted by Crippen LogP contribution is -2.61. The highest BCUT2D eigenvalue weighted by Gasteiger charge is 2.42. The van der Waals surface area contributed by atoms with Gasteiger partial charge in [-0.25, -0.2) is 18.1 Å². The van der Waals surface area contributed by atoms with E-state index in [0.29, 0.717) is 11.4 Å². The van der Waals surface area contributed by atoms with Crippen molar-refractivity contribution in [2.45, 2.75) is 18.1 Å². The summed E-state index contributed by atoms with van der Waals surface area (Å²) in [7, 11) is -2.02. The van der Waals surface area contributed by atoms with Gasteiger partial charge in [-0.2, -0.15) is 0 Å². The summed E-state index contributed by atoms with van der Waals surface area (Å²) in [6.45, 7) is -0.226. The van der Waals surface area contributed by atoms with Crippen LogP contribution in [-0.2, 0) is 10.0 Å². The second-order valence-electron chi connectivity index (χ2n) is 5.80. The molecule has 0 saturated carbocycles. The van der Waals surface area contributed by atoms with Gasteiger partial charge in [0.25, 0.3) is 5.91 Å². The summed E-state index contributed by atoms with van der Waals surface area (Å²) in [5.41, 5.74) is -1.28. The molecule has 24 heavy (non-hydrogen) atoms. The number of rotatable bonds is 5. The smallest absolute Gasteiger partial charge is 0.255 e. The molecular formula is C14H21N3O6S. The van der Waals surface area contributed by atoms with Gasteiger partial charge in [-0.05, 0) is 12.5 Å². The van der Waals surface area contributed by atoms with Crippen molar-refractivity contribution in [2.75, 3.05) is 33.0 Å². The number of β-amino-alcohol motifs (C(OH)–C–C–N with tert-alkyl or cyclic N) is 1. The zero-order chi connectivity index (χ0) is 18.0. The van der Waals surface area contributed by atoms with Crippen LogP contribution in [0, 0.1) is 0 Å². The number of hydrogen-bond acceptors (Lipinski definition) is 7. The molecule has 1 amide bonds. The predicted octanol–water partition coefficient (Wildman–Crippen LogP) is -1.42. The maximum absolute atomic E-state index is 12.4. The highest BCUT2D eigenvalue weighted by Crippen LogP contribution is 2.24. The van der Waals surface area contributed by atoms with Crippen molar-refractivity contribution in [3.05, 3.63) is 23.9 Å². The van der Waals surface area contributed by atoms with E-state index in [4.69, 9.17) is 4.74 Å². The number of aliphatic hydroxyl groups is 2. The van der Waals surface area contributed by atoms with E-state index in [9.17, 15) is 23.4 Å². The molecule has 0 radical (unpaired) electrons. The Bertz CT molecular complexity index is 693. The summed E-state index contributed by atoms with van der Waals surface area (Å²) in [5, 5.41) is 20.6. The van der Waals surface area contributed by atoms with Crippen LogP contribution >= 0.6 is 0 Å². The minimum Gasteiger partial charge on any atom is -0.481 e. The zero-order valence-corrected chi connectivity index (χ0v) is 14.3. The molecule has 2 heterocycles. The minimum absolute atomic E-state index is 0.0476. The maximum atomic E-state index is 12.4. The molecule has 9 nitrogen and oxygen atoms in total. The number of likely N-dealkylation sites (tertiary alicyclic amines) is 1. The van der Waals surface area contributed by atoms with Gasteiger partial charge in [-0.1, -0.05) is 0 Å². The highest BCUT2D eigenvalue weighted by molar-refractivity contribution is 7.88. The van der Waals surface area contributed by atoms with Crippen molar-refractivity contribution in [1.82, 2.24) is 14.6 Å². The Labute approximate surface area is 140 Å². The first-order valence-corrected chi connectivity index (χ1v) is 9.18. The number of aromatic nitrogens is 1. The monoisotopic (exact) mass is 359 g/mol. The summed E-state index contributed by atoms with van der Waals surface area (Å²) < 4.78 is 29.4. The van der Waals surface area contributed by atoms with Crippen LogP contribution in [0.5, 0.6) is 5.88 Å². The third-order valence-electron chi connectivity index (χ3n) is 3.95. The molecule has 0 aliphatic carbocycles. The molecule has 0 unspecified atom stereocenters. The van der Waals surface area contributed by atoms with Crippen molar-refractivity contribution in [3.63, 3.8) is 0 Å². The average Bonchev–Trinajstić information content (AvgIpc) is 2.54. The van der Waals surface area contributed by atoms with E-state index in [0.717, 1.165) is 6.26 Å². The number of methoxy groups -OCH3 is 1. The number of nitrogens with zero attached hydrogens (tertiary/aromatic N) is 2. The molecule has 134 valence electrons. The molecule has 1 aromatic heterocycles. The maximum Gasteiger partial charge on any atom is 0.255 e. The Hall–Kier alpha value is -1.75. The number of carbonyl (C=O) groups is 1. The van der Waals surface area contributed by atoms with E-state index in [2.05, 4.69) is 9.71 Å². The quantitative estimate of drug-likeness (QED) is 0.588. The van der Waals surface area contributed by atoms with Crippen LogP contribution in [0.3, 0.4) is 0 Å². The Balaban J connectivity index is 2.02. The third-order valence-corrected chi connectivity index (χ3v) is 4.62. The second-order valence-corrected chi connectivity index (χ2v) is 7.64. The number of aliphatic hydroxyl groups excluding tert-OH is 1. The lowest BCUT2D eigenvalue weighted by molar-refractivity contribution is -0.107. The summed E-state index contributed by atoms with van der Waals surface area (Å²) >= 11 is 0. The van der Waals surface area contributed by atoms with Gasteiger partial charge in [0.15, 0.2) is 0 Å². The first kappa shape index (κ1) is 18.6. The number of piperidine rings is 1. The second kappa shape index (κ2) is 7.01. The topological polar surface area (TPSA) is 129 Å². The van der Waals surface area contributed by atoms with Crippen LogP contribution in [0.4, 0.5) is 0 Å². The molecule has 2 rings (SSSR count). The molecule has 1 saturated heterocycles. The predicted molar refractivity (Wildman–Crippen MR) is 85.1 cm³/mol. The fourth-order valence-corrected chi connectivity index (χ4v) is 2.93. The van der Waals surface area contributed by atoms with E-state index >= 15 is 0 Å². The summed E-state index contributed by atoms with van der Waals surface area (Å²) in [6, 6.07) is 3.12. The Morgan fingerprint density at radius 3 is 2.75 bits per heavy atom. The number of amides is 1. The number of sulfonamides is 1. The van der Waals surface area contributed by atoms with Gasteiger partial charge in [0.2, 0.25) is 15.9 Å². The summed E-state index contributed by atoms with van der Waals surface area (Å²) in [6.07, 6.45) is 1.12. The first-order valence-electron chi connectivity index (χ1n) is 7.29. The molecule has 1 fully saturated rings. The van der Waals surface area contributed by atoms with E-state index in [1.54, 1.807) is 12.1 Å². The van der Waals surface area contributed by atoms with Gasteiger partial charge in [0.1, 0.15) is 11.7 Å². The van der Waals surface area contributed by atoms with Crippen LogP contribution in [0.2, 0.25) is 0 Å². The Morgan fingerprint density at radius 2 is 2.25 bits per heavy atom. The van der Waals surface area contributed by atoms with Crippen LogP contribution in [0.1, 0.15) is 16.8 Å². The third kappa shape index (κ3) is 4.41. The molecule has 1 aliphatic rings. The van der Waals surface area contributed by atoms with Gasteiger partial charge in [0, 0.05) is 31.9 Å². The van der Waals surface area contributed by atoms with Gasteiger partial charge in [-0.15, -0.1) is 0 Å². The van der Waals surface area contributed by atoms with Gasteiger partial charge >= 0.3 is 0 Å². The number of pyridine rings is 1. The molecule has 0 spiro atoms. The number of carbonyl (C=O) groups excluding carboxylic acids is 1. The van der Waals surface area contributed by atoms with Crippen LogP contribution in [0.15, 0.2) is 18.3 Å². The van der Waals surface area contributed by atoms with Crippen LogP contribution in [0.25, 0.3) is 0 Å². The summed E-state index contributed by atoms with van der Waals surface area (Å²) in [5.74, 6) is 0.0498. The minimum atomic E-state index is -3.49. The molecule has 0 bridgehead atoms. The molecule has 10 heteroatoms. The lowest BCUT2D eigenvalue weighted by atomic mass is 9.88. The van der Waals surface area contributed by atoms with E-state index in [-0.39, 0.29) is 32.0 Å². The first-order chi connectivity index (χ1) is 11.1. The Kier molecular flexibility index (Phi) is 5.43. The van der Waals surface area contributed by atoms with E-state index < -0.39 is 21.7 Å². The normalized spacial score (nSPS) is 24.7. The zero-order valence-electron chi connectivity index (χ0n) is 13.5. The molecule has 1 aliphatic heterocycles. The van der Waals surface area contributed by atoms with Crippen LogP contribution < -0.4 is 9.46 Å². The summed E-state index contributed by atoms with van der Waals surface area (Å²) in [4.78, 5) is 17.8. The van der Waals surface area contributed by atoms with Crippen molar-refractivity contribution in [2.24, 2.45) is 0 Å². The van der Waals surface area contributed by atoms with Crippen molar-refractivity contribution >= 4 is 15.9 Å². The van der Waals surface area contributed by atoms with E-state index in [1.165, 1.54) is 18.2 Å². The molecule has 0 aromatic carbocycles. The van der Waals surface area contributed by atoms with Crippen molar-refractivity contribution in [1.29, 1.82) is 0 Å². The van der Waals surface area contributed by atoms with Crippen LogP contribution in [-0.4, -0.2) is 79.1 Å². The number of ether oxygens (including phenoxy) is 1. The lowest BCUT2D eigenvalue weighted by Gasteiger charge is -2.42. The SMILES string of the molecule is COc1ccc(C(=O)N2CC[C@@](O)(CNS(C)(=O)=O)[C@H](O)C2)cn1. The molecule has 3 N–H and O–H groups in total. The highest BCUT2D eigenvalue weighted by atomic mass is 32.2. The van der Waals surface area contributed by atoms with Crippen molar-refractivity contribution < 1.29 is 28.2 Å². The molecule has 2 atom stereocenters. The fourth-order valence-electron chi connectivity index (χ4n) is 2.42. The number of nitrogens with one attached hydrogen (secondary N) is 1. The standard InChI is InChI=1S/C14H21N3O6S/c1-23-12-4-3-10(7-15-12)13(19)17-6-5-14(20,11(18)8-17)9-16-24(2,21)22/h3-4,7,11,16,18,20H,5-6,8-9H2,1-2H3/t11-,14-/m1/s1. The number of hydrogen-bond donors (Lipinski definition) is 3. The average molecular weight is 359 g/mol.